The lowest BCUT2D eigenvalue weighted by Gasteiger charge is -2.38. The Morgan fingerprint density at radius 1 is 0.889 bits per heavy atom. The Bertz CT molecular complexity index is 1400. The smallest absolute Gasteiger partial charge is 0.428 e. The number of aliphatic hydroxyl groups is 1. The predicted molar refractivity (Wildman–Crippen MR) is 146 cm³/mol. The first kappa shape index (κ1) is 34.5. The molecule has 14 heteroatoms. The van der Waals surface area contributed by atoms with Gasteiger partial charge in [-0.25, -0.2) is 8.78 Å². The second-order valence-corrected chi connectivity index (χ2v) is 10.8. The van der Waals surface area contributed by atoms with Crippen LogP contribution in [0.25, 0.3) is 0 Å². The predicted octanol–water partition coefficient (Wildman–Crippen LogP) is 6.42. The summed E-state index contributed by atoms with van der Waals surface area (Å²) >= 11 is 0. The van der Waals surface area contributed by atoms with Crippen molar-refractivity contribution in [2.75, 3.05) is 32.8 Å². The van der Waals surface area contributed by atoms with Crippen LogP contribution in [0.3, 0.4) is 0 Å². The third-order valence-corrected chi connectivity index (χ3v) is 7.33. The molecule has 45 heavy (non-hydrogen) atoms. The van der Waals surface area contributed by atoms with E-state index in [4.69, 9.17) is 4.74 Å². The Labute approximate surface area is 253 Å². The monoisotopic (exact) mass is 650 g/mol. The average molecular weight is 651 g/mol. The highest BCUT2D eigenvalue weighted by Crippen LogP contribution is 2.39. The topological polar surface area (TPSA) is 54.0 Å². The van der Waals surface area contributed by atoms with E-state index in [0.717, 1.165) is 18.2 Å². The molecule has 1 aliphatic heterocycles. The standard InChI is InChI=1S/C31H31F9N2O3/c32-24-13-23(14-26(15-24)45-31(39,40)28(34)35)29(16-20-4-2-1-3-5-20,41-18-25(43)17-30(36,37)38)22-6-7-27(33)21(12-22)19-42-8-10-44-11-9-42/h1-7,12-15,25,28,41,43H,8-11,16-19H2/t25-,29-/m1/s1. The normalized spacial score (nSPS) is 16.9. The number of rotatable bonds is 13. The van der Waals surface area contributed by atoms with Crippen LogP contribution in [-0.2, 0) is 23.2 Å². The van der Waals surface area contributed by atoms with Gasteiger partial charge in [0, 0.05) is 37.8 Å². The first-order valence-electron chi connectivity index (χ1n) is 14.0. The number of aliphatic hydroxyl groups excluding tert-OH is 1. The van der Waals surface area contributed by atoms with Crippen LogP contribution in [0, 0.1) is 11.6 Å². The maximum absolute atomic E-state index is 15.2. The molecule has 2 atom stereocenters. The van der Waals surface area contributed by atoms with Crippen LogP contribution in [-0.4, -0.2) is 67.7 Å². The molecule has 2 N–H and O–H groups in total. The highest BCUT2D eigenvalue weighted by atomic mass is 19.4. The van der Waals surface area contributed by atoms with E-state index in [1.165, 1.54) is 12.1 Å². The van der Waals surface area contributed by atoms with Crippen molar-refractivity contribution in [3.05, 3.63) is 101 Å². The van der Waals surface area contributed by atoms with Gasteiger partial charge in [-0.3, -0.25) is 4.90 Å². The number of halogens is 9. The van der Waals surface area contributed by atoms with Gasteiger partial charge < -0.3 is 19.9 Å². The summed E-state index contributed by atoms with van der Waals surface area (Å²) in [7, 11) is 0. The summed E-state index contributed by atoms with van der Waals surface area (Å²) < 4.78 is 133. The van der Waals surface area contributed by atoms with Gasteiger partial charge in [-0.1, -0.05) is 36.4 Å². The highest BCUT2D eigenvalue weighted by Gasteiger charge is 2.45. The van der Waals surface area contributed by atoms with E-state index >= 15 is 8.78 Å². The van der Waals surface area contributed by atoms with Crippen LogP contribution >= 0.6 is 0 Å². The zero-order valence-corrected chi connectivity index (χ0v) is 23.8. The molecule has 1 saturated heterocycles. The van der Waals surface area contributed by atoms with Gasteiger partial charge in [0.2, 0.25) is 0 Å². The molecule has 0 unspecified atom stereocenters. The molecule has 1 heterocycles. The van der Waals surface area contributed by atoms with Crippen molar-refractivity contribution in [3.63, 3.8) is 0 Å². The number of benzene rings is 3. The van der Waals surface area contributed by atoms with Gasteiger partial charge in [0.15, 0.2) is 0 Å². The second-order valence-electron chi connectivity index (χ2n) is 10.8. The first-order chi connectivity index (χ1) is 21.2. The van der Waals surface area contributed by atoms with E-state index < -0.39 is 60.7 Å². The Kier molecular flexibility index (Phi) is 11.1. The summed E-state index contributed by atoms with van der Waals surface area (Å²) in [5.74, 6) is -2.78. The van der Waals surface area contributed by atoms with Gasteiger partial charge in [0.05, 0.1) is 31.3 Å². The van der Waals surface area contributed by atoms with Crippen LogP contribution in [0.5, 0.6) is 5.75 Å². The van der Waals surface area contributed by atoms with Gasteiger partial charge in [-0.2, -0.15) is 30.7 Å². The maximum atomic E-state index is 15.2. The van der Waals surface area contributed by atoms with E-state index in [-0.39, 0.29) is 29.7 Å². The van der Waals surface area contributed by atoms with Crippen molar-refractivity contribution in [2.45, 2.75) is 49.7 Å². The van der Waals surface area contributed by atoms with Crippen LogP contribution < -0.4 is 10.1 Å². The summed E-state index contributed by atoms with van der Waals surface area (Å²) in [5.41, 5.74) is -1.16. The molecule has 3 aromatic rings. The van der Waals surface area contributed by atoms with Crippen molar-refractivity contribution in [1.29, 1.82) is 0 Å². The molecule has 0 amide bonds. The Morgan fingerprint density at radius 2 is 1.58 bits per heavy atom. The van der Waals surface area contributed by atoms with Gasteiger partial charge in [0.25, 0.3) is 0 Å². The summed E-state index contributed by atoms with van der Waals surface area (Å²) in [6, 6.07) is 14.3. The zero-order valence-electron chi connectivity index (χ0n) is 23.8. The summed E-state index contributed by atoms with van der Waals surface area (Å²) in [4.78, 5) is 1.91. The molecule has 0 aromatic heterocycles. The molecular weight excluding hydrogens is 619 g/mol. The average Bonchev–Trinajstić information content (AvgIpc) is 2.96. The number of hydrogen-bond acceptors (Lipinski definition) is 5. The Balaban J connectivity index is 1.89. The number of ether oxygens (including phenoxy) is 2. The highest BCUT2D eigenvalue weighted by molar-refractivity contribution is 5.46. The minimum Gasteiger partial charge on any atom is -0.428 e. The van der Waals surface area contributed by atoms with Crippen LogP contribution in [0.1, 0.15) is 28.7 Å². The fourth-order valence-corrected chi connectivity index (χ4v) is 5.20. The number of morpholine rings is 1. The lowest BCUT2D eigenvalue weighted by atomic mass is 9.77. The first-order valence-corrected chi connectivity index (χ1v) is 14.0. The molecule has 0 aliphatic carbocycles. The number of hydrogen-bond donors (Lipinski definition) is 2. The summed E-state index contributed by atoms with van der Waals surface area (Å²) in [5, 5.41) is 13.2. The van der Waals surface area contributed by atoms with Gasteiger partial charge >= 0.3 is 18.7 Å². The van der Waals surface area contributed by atoms with E-state index in [1.54, 1.807) is 30.3 Å². The fourth-order valence-electron chi connectivity index (χ4n) is 5.20. The molecule has 3 aromatic carbocycles. The van der Waals surface area contributed by atoms with Crippen molar-refractivity contribution in [1.82, 2.24) is 10.2 Å². The van der Waals surface area contributed by atoms with Crippen molar-refractivity contribution < 1.29 is 54.1 Å². The third-order valence-electron chi connectivity index (χ3n) is 7.33. The van der Waals surface area contributed by atoms with Crippen molar-refractivity contribution in [2.24, 2.45) is 0 Å². The van der Waals surface area contributed by atoms with E-state index in [9.17, 15) is 35.8 Å². The molecule has 0 spiro atoms. The molecular formula is C31H31F9N2O3. The molecule has 1 aliphatic rings. The molecule has 0 saturated carbocycles. The van der Waals surface area contributed by atoms with Crippen LogP contribution in [0.15, 0.2) is 66.7 Å². The molecule has 0 radical (unpaired) electrons. The minimum atomic E-state index is -5.00. The minimum absolute atomic E-state index is 0.110. The lowest BCUT2D eigenvalue weighted by Crippen LogP contribution is -2.49. The van der Waals surface area contributed by atoms with Crippen LogP contribution in [0.4, 0.5) is 39.5 Å². The van der Waals surface area contributed by atoms with Crippen LogP contribution in [0.2, 0.25) is 0 Å². The van der Waals surface area contributed by atoms with Gasteiger partial charge in [-0.05, 0) is 47.4 Å². The second kappa shape index (κ2) is 14.4. The quantitative estimate of drug-likeness (QED) is 0.209. The summed E-state index contributed by atoms with van der Waals surface area (Å²) in [6.45, 7) is 1.18. The molecule has 4 rings (SSSR count). The van der Waals surface area contributed by atoms with Crippen molar-refractivity contribution >= 4 is 0 Å². The van der Waals surface area contributed by atoms with Gasteiger partial charge in [-0.15, -0.1) is 0 Å². The third kappa shape index (κ3) is 9.35. The molecule has 246 valence electrons. The van der Waals surface area contributed by atoms with Crippen molar-refractivity contribution in [3.8, 4) is 5.75 Å². The summed E-state index contributed by atoms with van der Waals surface area (Å²) in [6.07, 6.45) is -17.8. The number of alkyl halides is 7. The molecule has 1 fully saturated rings. The van der Waals surface area contributed by atoms with E-state index in [0.29, 0.717) is 37.9 Å². The number of nitrogens with zero attached hydrogens (tertiary/aromatic N) is 1. The Hall–Kier alpha value is -3.33. The SMILES string of the molecule is O[C@@H](CN[C@@](Cc1ccccc1)(c1cc(F)cc(OC(F)(F)C(F)F)c1)c1ccc(F)c(CN2CCOCC2)c1)CC(F)(F)F. The maximum Gasteiger partial charge on any atom is 0.461 e. The Morgan fingerprint density at radius 3 is 2.22 bits per heavy atom. The fraction of sp³-hybridized carbons (Fsp3) is 0.419. The molecule has 5 nitrogen and oxygen atoms in total. The lowest BCUT2D eigenvalue weighted by molar-refractivity contribution is -0.253. The van der Waals surface area contributed by atoms with Gasteiger partial charge in [0.1, 0.15) is 17.4 Å². The number of nitrogens with one attached hydrogen (secondary N) is 1. The van der Waals surface area contributed by atoms with E-state index in [2.05, 4.69) is 10.1 Å². The largest absolute Gasteiger partial charge is 0.461 e. The molecule has 0 bridgehead atoms. The zero-order chi connectivity index (χ0) is 32.8. The van der Waals surface area contributed by atoms with E-state index in [1.807, 2.05) is 4.90 Å².